The summed E-state index contributed by atoms with van der Waals surface area (Å²) >= 11 is 0. The van der Waals surface area contributed by atoms with E-state index in [0.717, 1.165) is 37.9 Å². The zero-order chi connectivity index (χ0) is 23.6. The molecule has 4 atom stereocenters. The normalized spacial score (nSPS) is 25.4. The predicted octanol–water partition coefficient (Wildman–Crippen LogP) is 4.98. The summed E-state index contributed by atoms with van der Waals surface area (Å²) in [7, 11) is 0. The highest BCUT2D eigenvalue weighted by Gasteiger charge is 2.42. The van der Waals surface area contributed by atoms with Gasteiger partial charge in [0.1, 0.15) is 18.0 Å². The Labute approximate surface area is 195 Å². The molecule has 2 aliphatic rings. The number of rotatable bonds is 4. The summed E-state index contributed by atoms with van der Waals surface area (Å²) in [4.78, 5) is 15.4. The Morgan fingerprint density at radius 2 is 2.00 bits per heavy atom. The summed E-state index contributed by atoms with van der Waals surface area (Å²) in [6, 6.07) is 10.5. The maximum Gasteiger partial charge on any atom is 0.410 e. The lowest BCUT2D eigenvalue weighted by Gasteiger charge is -2.43. The minimum atomic E-state index is -0.368. The summed E-state index contributed by atoms with van der Waals surface area (Å²) in [6.45, 7) is 7.87. The van der Waals surface area contributed by atoms with Crippen LogP contribution in [-0.4, -0.2) is 46.3 Å². The molecule has 176 valence electrons. The first-order chi connectivity index (χ1) is 15.8. The lowest BCUT2D eigenvalue weighted by atomic mass is 9.97. The quantitative estimate of drug-likeness (QED) is 0.711. The molecular weight excluding hydrogens is 419 g/mol. The molecule has 1 amide bonds. The third-order valence-electron chi connectivity index (χ3n) is 6.85. The Bertz CT molecular complexity index is 999. The van der Waals surface area contributed by atoms with Crippen molar-refractivity contribution in [3.63, 3.8) is 0 Å². The molecule has 0 bridgehead atoms. The van der Waals surface area contributed by atoms with Gasteiger partial charge in [-0.1, -0.05) is 12.1 Å². The van der Waals surface area contributed by atoms with Crippen molar-refractivity contribution in [2.45, 2.75) is 76.1 Å². The highest BCUT2D eigenvalue weighted by atomic mass is 19.1. The summed E-state index contributed by atoms with van der Waals surface area (Å²) in [5.74, 6) is -0.122. The lowest BCUT2D eigenvalue weighted by molar-refractivity contribution is 0.00543. The van der Waals surface area contributed by atoms with Crippen LogP contribution in [-0.2, 0) is 4.74 Å². The van der Waals surface area contributed by atoms with Gasteiger partial charge in [0.15, 0.2) is 0 Å². The van der Waals surface area contributed by atoms with Gasteiger partial charge in [-0.25, -0.2) is 9.18 Å². The Morgan fingerprint density at radius 1 is 1.24 bits per heavy atom. The number of nitriles is 1. The van der Waals surface area contributed by atoms with Crippen molar-refractivity contribution in [3.05, 3.63) is 59.7 Å². The Hall–Kier alpha value is -2.85. The number of carbonyl (C=O) groups is 1. The standard InChI is InChI=1S/C26H33FN4O2/c1-26(2,3)31(22-5-4-11-29-16-22)25(32)33-24-14-20(19-6-8-21(27)9-7-19)13-23(24)30-12-10-18(15-28)17-30/h6-10,12,17,20,22-24,29H,4-5,11,13-14,16H2,1-3H3. The van der Waals surface area contributed by atoms with Gasteiger partial charge in [0.2, 0.25) is 0 Å². The average Bonchev–Trinajstić information content (AvgIpc) is 3.41. The molecule has 7 heteroatoms. The molecule has 2 fully saturated rings. The minimum absolute atomic E-state index is 0.0857. The number of piperidine rings is 1. The molecule has 2 heterocycles. The number of hydrogen-bond acceptors (Lipinski definition) is 4. The first-order valence-corrected chi connectivity index (χ1v) is 11.8. The van der Waals surface area contributed by atoms with E-state index < -0.39 is 0 Å². The maximum atomic E-state index is 13.5. The fourth-order valence-corrected chi connectivity index (χ4v) is 5.32. The molecule has 1 aromatic carbocycles. The molecule has 1 N–H and O–H groups in total. The zero-order valence-corrected chi connectivity index (χ0v) is 19.6. The summed E-state index contributed by atoms with van der Waals surface area (Å²) in [5, 5.41) is 12.7. The van der Waals surface area contributed by atoms with E-state index >= 15 is 0 Å². The van der Waals surface area contributed by atoms with E-state index in [1.807, 2.05) is 54.8 Å². The molecule has 1 aromatic heterocycles. The second kappa shape index (κ2) is 9.56. The van der Waals surface area contributed by atoms with Crippen LogP contribution in [0.5, 0.6) is 0 Å². The number of aromatic nitrogens is 1. The second-order valence-corrected chi connectivity index (χ2v) is 10.2. The number of hydrogen-bond donors (Lipinski definition) is 1. The molecule has 6 nitrogen and oxygen atoms in total. The van der Waals surface area contributed by atoms with Crippen molar-refractivity contribution >= 4 is 6.09 Å². The fourth-order valence-electron chi connectivity index (χ4n) is 5.32. The van der Waals surface area contributed by atoms with Crippen molar-refractivity contribution in [2.75, 3.05) is 13.1 Å². The van der Waals surface area contributed by atoms with Gasteiger partial charge in [-0.05, 0) is 82.7 Å². The summed E-state index contributed by atoms with van der Waals surface area (Å²) in [6.07, 6.45) is 6.45. The van der Waals surface area contributed by atoms with Crippen LogP contribution in [0.4, 0.5) is 9.18 Å². The lowest BCUT2D eigenvalue weighted by Crippen LogP contribution is -2.57. The molecule has 0 radical (unpaired) electrons. The molecule has 33 heavy (non-hydrogen) atoms. The van der Waals surface area contributed by atoms with Crippen LogP contribution < -0.4 is 5.32 Å². The third-order valence-corrected chi connectivity index (χ3v) is 6.85. The molecule has 0 spiro atoms. The topological polar surface area (TPSA) is 70.3 Å². The predicted molar refractivity (Wildman–Crippen MR) is 124 cm³/mol. The van der Waals surface area contributed by atoms with E-state index in [-0.39, 0.29) is 41.6 Å². The van der Waals surface area contributed by atoms with Crippen molar-refractivity contribution in [1.82, 2.24) is 14.8 Å². The van der Waals surface area contributed by atoms with Gasteiger partial charge >= 0.3 is 6.09 Å². The van der Waals surface area contributed by atoms with Gasteiger partial charge in [0, 0.05) is 30.5 Å². The van der Waals surface area contributed by atoms with Crippen LogP contribution in [0, 0.1) is 17.1 Å². The highest BCUT2D eigenvalue weighted by molar-refractivity contribution is 5.69. The number of benzene rings is 1. The molecule has 1 saturated carbocycles. The molecule has 4 unspecified atom stereocenters. The highest BCUT2D eigenvalue weighted by Crippen LogP contribution is 2.43. The van der Waals surface area contributed by atoms with Gasteiger partial charge in [-0.2, -0.15) is 5.26 Å². The number of halogens is 1. The number of nitrogens with one attached hydrogen (secondary N) is 1. The first-order valence-electron chi connectivity index (χ1n) is 11.8. The van der Waals surface area contributed by atoms with Gasteiger partial charge in [0.25, 0.3) is 0 Å². The minimum Gasteiger partial charge on any atom is -0.444 e. The van der Waals surface area contributed by atoms with Crippen molar-refractivity contribution in [1.29, 1.82) is 5.26 Å². The van der Waals surface area contributed by atoms with E-state index in [9.17, 15) is 14.4 Å². The molecule has 2 aromatic rings. The number of ether oxygens (including phenoxy) is 1. The maximum absolute atomic E-state index is 13.5. The van der Waals surface area contributed by atoms with Crippen LogP contribution in [0.2, 0.25) is 0 Å². The Balaban J connectivity index is 1.58. The van der Waals surface area contributed by atoms with Crippen LogP contribution in [0.15, 0.2) is 42.7 Å². The number of carbonyl (C=O) groups excluding carboxylic acids is 1. The summed E-state index contributed by atoms with van der Waals surface area (Å²) < 4.78 is 21.7. The zero-order valence-electron chi connectivity index (χ0n) is 19.6. The van der Waals surface area contributed by atoms with Crippen LogP contribution in [0.25, 0.3) is 0 Å². The second-order valence-electron chi connectivity index (χ2n) is 10.2. The van der Waals surface area contributed by atoms with E-state index in [2.05, 4.69) is 11.4 Å². The largest absolute Gasteiger partial charge is 0.444 e. The number of nitrogens with zero attached hydrogens (tertiary/aromatic N) is 3. The SMILES string of the molecule is CC(C)(C)N(C(=O)OC1CC(c2ccc(F)cc2)CC1n1ccc(C#N)c1)C1CCCNC1. The van der Waals surface area contributed by atoms with E-state index in [4.69, 9.17) is 4.74 Å². The van der Waals surface area contributed by atoms with Crippen LogP contribution in [0.1, 0.15) is 69.5 Å². The van der Waals surface area contributed by atoms with Gasteiger partial charge < -0.3 is 14.6 Å². The Morgan fingerprint density at radius 3 is 2.61 bits per heavy atom. The molecule has 1 aliphatic carbocycles. The van der Waals surface area contributed by atoms with Crippen LogP contribution >= 0.6 is 0 Å². The van der Waals surface area contributed by atoms with E-state index in [1.165, 1.54) is 12.1 Å². The van der Waals surface area contributed by atoms with Crippen LogP contribution in [0.3, 0.4) is 0 Å². The molecule has 1 aliphatic heterocycles. The van der Waals surface area contributed by atoms with Gasteiger partial charge in [0.05, 0.1) is 11.6 Å². The Kier molecular flexibility index (Phi) is 6.76. The van der Waals surface area contributed by atoms with Crippen molar-refractivity contribution < 1.29 is 13.9 Å². The van der Waals surface area contributed by atoms with Gasteiger partial charge in [-0.3, -0.25) is 4.90 Å². The molecular formula is C26H33FN4O2. The van der Waals surface area contributed by atoms with E-state index in [0.29, 0.717) is 12.0 Å². The third kappa shape index (κ3) is 5.22. The van der Waals surface area contributed by atoms with E-state index in [1.54, 1.807) is 6.07 Å². The molecule has 4 rings (SSSR count). The van der Waals surface area contributed by atoms with Gasteiger partial charge in [-0.15, -0.1) is 0 Å². The monoisotopic (exact) mass is 452 g/mol. The smallest absolute Gasteiger partial charge is 0.410 e. The van der Waals surface area contributed by atoms with Crippen molar-refractivity contribution in [2.24, 2.45) is 0 Å². The summed E-state index contributed by atoms with van der Waals surface area (Å²) in [5.41, 5.74) is 1.25. The average molecular weight is 453 g/mol. The van der Waals surface area contributed by atoms with Crippen molar-refractivity contribution in [3.8, 4) is 6.07 Å². The fraction of sp³-hybridized carbons (Fsp3) is 0.538. The first kappa shape index (κ1) is 23.3. The molecule has 1 saturated heterocycles. The number of amides is 1.